The quantitative estimate of drug-likeness (QED) is 0.874. The first-order valence-electron chi connectivity index (χ1n) is 7.49. The van der Waals surface area contributed by atoms with Crippen LogP contribution in [0.3, 0.4) is 0 Å². The first-order chi connectivity index (χ1) is 11.8. The minimum atomic E-state index is -0.653. The molecule has 1 heterocycles. The Bertz CT molecular complexity index is 801. The molecule has 0 aliphatic carbocycles. The van der Waals surface area contributed by atoms with Crippen LogP contribution >= 0.6 is 11.3 Å². The molecular weight excluding hydrogens is 340 g/mol. The number of alkyl carbamates (subject to hydrolysis) is 1. The van der Waals surface area contributed by atoms with Crippen molar-refractivity contribution in [3.05, 3.63) is 35.2 Å². The molecule has 0 radical (unpaired) electrons. The average molecular weight is 358 g/mol. The van der Waals surface area contributed by atoms with Crippen molar-refractivity contribution in [3.63, 3.8) is 0 Å². The molecule has 25 heavy (non-hydrogen) atoms. The lowest BCUT2D eigenvalue weighted by molar-refractivity contribution is -0.115. The van der Waals surface area contributed by atoms with Crippen molar-refractivity contribution in [1.82, 2.24) is 10.3 Å². The molecular formula is C17H18N4O3S. The van der Waals surface area contributed by atoms with Crippen LogP contribution in [0.25, 0.3) is 11.3 Å². The minimum Gasteiger partial charge on any atom is -0.444 e. The number of nitriles is 1. The predicted octanol–water partition coefficient (Wildman–Crippen LogP) is 3.14. The summed E-state index contributed by atoms with van der Waals surface area (Å²) in [6.45, 7) is 5.02. The maximum absolute atomic E-state index is 11.9. The van der Waals surface area contributed by atoms with E-state index in [0.717, 1.165) is 5.56 Å². The highest BCUT2D eigenvalue weighted by Gasteiger charge is 2.17. The van der Waals surface area contributed by atoms with Crippen molar-refractivity contribution in [3.8, 4) is 17.3 Å². The van der Waals surface area contributed by atoms with E-state index in [1.54, 1.807) is 50.4 Å². The van der Waals surface area contributed by atoms with Crippen molar-refractivity contribution in [2.45, 2.75) is 26.4 Å². The van der Waals surface area contributed by atoms with Gasteiger partial charge in [-0.1, -0.05) is 12.1 Å². The largest absolute Gasteiger partial charge is 0.444 e. The molecule has 8 heteroatoms. The van der Waals surface area contributed by atoms with Gasteiger partial charge in [-0.2, -0.15) is 5.26 Å². The molecule has 0 fully saturated rings. The summed E-state index contributed by atoms with van der Waals surface area (Å²) in [6.07, 6.45) is -0.653. The van der Waals surface area contributed by atoms with Crippen LogP contribution in [0.15, 0.2) is 29.6 Å². The van der Waals surface area contributed by atoms with E-state index in [9.17, 15) is 9.59 Å². The molecule has 2 N–H and O–H groups in total. The maximum Gasteiger partial charge on any atom is 0.408 e. The molecule has 0 unspecified atom stereocenters. The number of nitrogens with one attached hydrogen (secondary N) is 2. The number of hydrogen-bond acceptors (Lipinski definition) is 6. The highest BCUT2D eigenvalue weighted by molar-refractivity contribution is 7.14. The van der Waals surface area contributed by atoms with E-state index in [-0.39, 0.29) is 6.54 Å². The van der Waals surface area contributed by atoms with Gasteiger partial charge in [-0.05, 0) is 32.9 Å². The minimum absolute atomic E-state index is 0.208. The number of nitrogens with zero attached hydrogens (tertiary/aromatic N) is 2. The molecule has 1 aromatic heterocycles. The number of hydrogen-bond donors (Lipinski definition) is 2. The van der Waals surface area contributed by atoms with Crippen LogP contribution in [-0.2, 0) is 9.53 Å². The molecule has 0 aliphatic rings. The van der Waals surface area contributed by atoms with Crippen LogP contribution in [0.4, 0.5) is 9.93 Å². The van der Waals surface area contributed by atoms with Crippen molar-refractivity contribution in [2.24, 2.45) is 0 Å². The summed E-state index contributed by atoms with van der Waals surface area (Å²) in [5.74, 6) is -0.397. The fourth-order valence-corrected chi connectivity index (χ4v) is 2.55. The van der Waals surface area contributed by atoms with Crippen LogP contribution in [0.2, 0.25) is 0 Å². The summed E-state index contributed by atoms with van der Waals surface area (Å²) in [5.41, 5.74) is 1.50. The molecule has 2 amide bonds. The van der Waals surface area contributed by atoms with Crippen molar-refractivity contribution >= 4 is 28.5 Å². The maximum atomic E-state index is 11.9. The molecule has 0 bridgehead atoms. The molecule has 2 rings (SSSR count). The first kappa shape index (κ1) is 18.4. The number of benzene rings is 1. The third-order valence-electron chi connectivity index (χ3n) is 2.85. The summed E-state index contributed by atoms with van der Waals surface area (Å²) in [6, 6.07) is 9.06. The van der Waals surface area contributed by atoms with Gasteiger partial charge in [0.05, 0.1) is 17.3 Å². The Morgan fingerprint density at radius 3 is 2.56 bits per heavy atom. The SMILES string of the molecule is CC(C)(C)OC(=O)NCC(=O)Nc1nc(-c2ccc(C#N)cc2)cs1. The van der Waals surface area contributed by atoms with Gasteiger partial charge < -0.3 is 15.4 Å². The second-order valence-corrected chi connectivity index (χ2v) is 6.99. The third-order valence-corrected chi connectivity index (χ3v) is 3.61. The molecule has 0 aliphatic heterocycles. The molecule has 2 aromatic rings. The first-order valence-corrected chi connectivity index (χ1v) is 8.37. The lowest BCUT2D eigenvalue weighted by Crippen LogP contribution is -2.37. The number of aromatic nitrogens is 1. The summed E-state index contributed by atoms with van der Waals surface area (Å²) in [4.78, 5) is 27.7. The molecule has 1 aromatic carbocycles. The zero-order valence-corrected chi connectivity index (χ0v) is 14.9. The third kappa shape index (κ3) is 5.90. The van der Waals surface area contributed by atoms with Gasteiger partial charge >= 0.3 is 6.09 Å². The van der Waals surface area contributed by atoms with Gasteiger partial charge in [0.2, 0.25) is 5.91 Å². The standard InChI is InChI=1S/C17H18N4O3S/c1-17(2,3)24-16(23)19-9-14(22)21-15-20-13(10-25-15)12-6-4-11(8-18)5-7-12/h4-7,10H,9H2,1-3H3,(H,19,23)(H,20,21,22). The number of amides is 2. The molecule has 130 valence electrons. The van der Waals surface area contributed by atoms with Gasteiger partial charge in [0.25, 0.3) is 0 Å². The Morgan fingerprint density at radius 1 is 1.28 bits per heavy atom. The predicted molar refractivity (Wildman–Crippen MR) is 95.1 cm³/mol. The highest BCUT2D eigenvalue weighted by Crippen LogP contribution is 2.25. The summed E-state index contributed by atoms with van der Waals surface area (Å²) in [7, 11) is 0. The number of rotatable bonds is 4. The summed E-state index contributed by atoms with van der Waals surface area (Å²) < 4.78 is 5.05. The van der Waals surface area contributed by atoms with Crippen LogP contribution in [-0.4, -0.2) is 29.1 Å². The summed E-state index contributed by atoms with van der Waals surface area (Å²) in [5, 5.41) is 16.0. The normalized spacial score (nSPS) is 10.6. The van der Waals surface area contributed by atoms with Crippen LogP contribution in [0, 0.1) is 11.3 Å². The number of carbonyl (C=O) groups excluding carboxylic acids is 2. The molecule has 0 saturated heterocycles. The van der Waals surface area contributed by atoms with E-state index >= 15 is 0 Å². The highest BCUT2D eigenvalue weighted by atomic mass is 32.1. The number of carbonyl (C=O) groups is 2. The van der Waals surface area contributed by atoms with E-state index < -0.39 is 17.6 Å². The number of ether oxygens (including phenoxy) is 1. The number of anilines is 1. The van der Waals surface area contributed by atoms with Crippen molar-refractivity contribution < 1.29 is 14.3 Å². The van der Waals surface area contributed by atoms with Gasteiger partial charge in [0.15, 0.2) is 5.13 Å². The molecule has 0 saturated carbocycles. The van der Waals surface area contributed by atoms with Crippen molar-refractivity contribution in [1.29, 1.82) is 5.26 Å². The van der Waals surface area contributed by atoms with Crippen LogP contribution in [0.5, 0.6) is 0 Å². The Kier molecular flexibility index (Phi) is 5.72. The van der Waals surface area contributed by atoms with E-state index in [1.807, 2.05) is 0 Å². The van der Waals surface area contributed by atoms with Gasteiger partial charge in [-0.3, -0.25) is 4.79 Å². The second kappa shape index (κ2) is 7.77. The van der Waals surface area contributed by atoms with Crippen LogP contribution in [0.1, 0.15) is 26.3 Å². The Hall–Kier alpha value is -2.92. The number of thiazole rings is 1. The average Bonchev–Trinajstić information content (AvgIpc) is 3.00. The van der Waals surface area contributed by atoms with Crippen LogP contribution < -0.4 is 10.6 Å². The van der Waals surface area contributed by atoms with Gasteiger partial charge in [0.1, 0.15) is 12.1 Å². The molecule has 0 spiro atoms. The zero-order chi connectivity index (χ0) is 18.4. The van der Waals surface area contributed by atoms with Crippen molar-refractivity contribution in [2.75, 3.05) is 11.9 Å². The van der Waals surface area contributed by atoms with E-state index in [4.69, 9.17) is 10.00 Å². The monoisotopic (exact) mass is 358 g/mol. The topological polar surface area (TPSA) is 104 Å². The van der Waals surface area contributed by atoms with E-state index in [2.05, 4.69) is 21.7 Å². The Labute approximate surface area is 149 Å². The van der Waals surface area contributed by atoms with E-state index in [1.165, 1.54) is 11.3 Å². The van der Waals surface area contributed by atoms with E-state index in [0.29, 0.717) is 16.4 Å². The van der Waals surface area contributed by atoms with Gasteiger partial charge in [-0.25, -0.2) is 9.78 Å². The van der Waals surface area contributed by atoms with Gasteiger partial charge in [0, 0.05) is 10.9 Å². The fraction of sp³-hybridized carbons (Fsp3) is 0.294. The second-order valence-electron chi connectivity index (χ2n) is 6.13. The molecule has 0 atom stereocenters. The zero-order valence-electron chi connectivity index (χ0n) is 14.1. The Balaban J connectivity index is 1.89. The molecule has 7 nitrogen and oxygen atoms in total. The lowest BCUT2D eigenvalue weighted by atomic mass is 10.1. The Morgan fingerprint density at radius 2 is 1.96 bits per heavy atom. The lowest BCUT2D eigenvalue weighted by Gasteiger charge is -2.19. The summed E-state index contributed by atoms with van der Waals surface area (Å²) >= 11 is 1.27. The fourth-order valence-electron chi connectivity index (χ4n) is 1.81. The van der Waals surface area contributed by atoms with Gasteiger partial charge in [-0.15, -0.1) is 11.3 Å². The smallest absolute Gasteiger partial charge is 0.408 e.